The lowest BCUT2D eigenvalue weighted by atomic mass is 9.86. The molecule has 1 saturated carbocycles. The van der Waals surface area contributed by atoms with E-state index in [1.807, 2.05) is 13.8 Å². The quantitative estimate of drug-likeness (QED) is 0.787. The van der Waals surface area contributed by atoms with E-state index in [1.165, 1.54) is 19.3 Å². The summed E-state index contributed by atoms with van der Waals surface area (Å²) in [5, 5.41) is 3.19. The van der Waals surface area contributed by atoms with Crippen molar-refractivity contribution in [3.05, 3.63) is 0 Å². The molecule has 3 aliphatic rings. The number of nitrogens with zero attached hydrogens (tertiary/aromatic N) is 1. The molecular weight excluding hydrogens is 308 g/mol. The Kier molecular flexibility index (Phi) is 6.13. The zero-order valence-corrected chi connectivity index (χ0v) is 15.1. The first kappa shape index (κ1) is 18.1. The number of nitrogens with one attached hydrogen (secondary N) is 1. The van der Waals surface area contributed by atoms with Crippen LogP contribution in [0, 0.1) is 5.92 Å². The van der Waals surface area contributed by atoms with Crippen LogP contribution >= 0.6 is 0 Å². The zero-order chi connectivity index (χ0) is 17.0. The van der Waals surface area contributed by atoms with E-state index in [0.29, 0.717) is 32.3 Å². The van der Waals surface area contributed by atoms with Crippen molar-refractivity contribution >= 4 is 5.91 Å². The van der Waals surface area contributed by atoms with Crippen molar-refractivity contribution < 1.29 is 19.0 Å². The van der Waals surface area contributed by atoms with Gasteiger partial charge in [0.25, 0.3) is 0 Å². The number of hydrogen-bond donors (Lipinski definition) is 1. The summed E-state index contributed by atoms with van der Waals surface area (Å²) in [7, 11) is 0. The van der Waals surface area contributed by atoms with Crippen LogP contribution in [0.4, 0.5) is 0 Å². The largest absolute Gasteiger partial charge is 0.379 e. The molecule has 0 aromatic rings. The lowest BCUT2D eigenvalue weighted by molar-refractivity contribution is -0.139. The molecule has 6 heteroatoms. The molecule has 3 fully saturated rings. The van der Waals surface area contributed by atoms with Crippen molar-refractivity contribution in [1.82, 2.24) is 10.2 Å². The third-order valence-corrected chi connectivity index (χ3v) is 5.74. The van der Waals surface area contributed by atoms with Crippen LogP contribution in [0.25, 0.3) is 0 Å². The Hall–Kier alpha value is -0.690. The molecule has 24 heavy (non-hydrogen) atoms. The van der Waals surface area contributed by atoms with Gasteiger partial charge < -0.3 is 19.5 Å². The van der Waals surface area contributed by atoms with Gasteiger partial charge in [-0.2, -0.15) is 0 Å². The molecular formula is C18H32N2O4. The van der Waals surface area contributed by atoms with Gasteiger partial charge in [0.2, 0.25) is 5.91 Å². The maximum atomic E-state index is 12.9. The smallest absolute Gasteiger partial charge is 0.240 e. The molecule has 0 bridgehead atoms. The molecule has 138 valence electrons. The SMILES string of the molecule is CC(C)(C(=O)N[C@@H]1COCC[C@@H]1OCC1CCC1)N1CCOCC1. The van der Waals surface area contributed by atoms with Gasteiger partial charge in [-0.05, 0) is 39.0 Å². The molecule has 0 spiro atoms. The predicted molar refractivity (Wildman–Crippen MR) is 90.9 cm³/mol. The number of ether oxygens (including phenoxy) is 3. The van der Waals surface area contributed by atoms with Gasteiger partial charge in [0, 0.05) is 26.3 Å². The highest BCUT2D eigenvalue weighted by atomic mass is 16.5. The van der Waals surface area contributed by atoms with Crippen molar-refractivity contribution in [3.8, 4) is 0 Å². The summed E-state index contributed by atoms with van der Waals surface area (Å²) in [5.74, 6) is 0.770. The lowest BCUT2D eigenvalue weighted by Crippen LogP contribution is -2.62. The Labute approximate surface area is 145 Å². The van der Waals surface area contributed by atoms with E-state index in [9.17, 15) is 4.79 Å². The van der Waals surface area contributed by atoms with Gasteiger partial charge in [-0.25, -0.2) is 0 Å². The molecule has 0 radical (unpaired) electrons. The highest BCUT2D eigenvalue weighted by Crippen LogP contribution is 2.27. The van der Waals surface area contributed by atoms with Crippen LogP contribution in [-0.4, -0.2) is 74.6 Å². The molecule has 0 aromatic heterocycles. The molecule has 2 heterocycles. The number of morpholine rings is 1. The first-order chi connectivity index (χ1) is 11.6. The average Bonchev–Trinajstić information content (AvgIpc) is 2.55. The zero-order valence-electron chi connectivity index (χ0n) is 15.1. The molecule has 1 amide bonds. The second kappa shape index (κ2) is 8.13. The Morgan fingerprint density at radius 3 is 2.58 bits per heavy atom. The molecule has 2 atom stereocenters. The van der Waals surface area contributed by atoms with E-state index in [1.54, 1.807) is 0 Å². The Morgan fingerprint density at radius 2 is 1.92 bits per heavy atom. The molecule has 2 aliphatic heterocycles. The normalized spacial score (nSPS) is 29.9. The molecule has 0 aromatic carbocycles. The van der Waals surface area contributed by atoms with Crippen LogP contribution in [0.1, 0.15) is 39.5 Å². The van der Waals surface area contributed by atoms with Crippen molar-refractivity contribution in [2.75, 3.05) is 46.1 Å². The fraction of sp³-hybridized carbons (Fsp3) is 0.944. The van der Waals surface area contributed by atoms with E-state index < -0.39 is 5.54 Å². The minimum Gasteiger partial charge on any atom is -0.379 e. The highest BCUT2D eigenvalue weighted by Gasteiger charge is 2.38. The van der Waals surface area contributed by atoms with E-state index >= 15 is 0 Å². The Balaban J connectivity index is 1.53. The maximum Gasteiger partial charge on any atom is 0.240 e. The van der Waals surface area contributed by atoms with Gasteiger partial charge in [-0.3, -0.25) is 9.69 Å². The lowest BCUT2D eigenvalue weighted by Gasteiger charge is -2.41. The first-order valence-electron chi connectivity index (χ1n) is 9.40. The molecule has 6 nitrogen and oxygen atoms in total. The van der Waals surface area contributed by atoms with E-state index in [0.717, 1.165) is 26.1 Å². The van der Waals surface area contributed by atoms with Gasteiger partial charge in [-0.1, -0.05) is 6.42 Å². The van der Waals surface area contributed by atoms with Gasteiger partial charge in [0.1, 0.15) is 0 Å². The summed E-state index contributed by atoms with van der Waals surface area (Å²) < 4.78 is 17.1. The number of carbonyl (C=O) groups excluding carboxylic acids is 1. The van der Waals surface area contributed by atoms with E-state index in [-0.39, 0.29) is 18.1 Å². The highest BCUT2D eigenvalue weighted by molar-refractivity contribution is 5.85. The van der Waals surface area contributed by atoms with Crippen LogP contribution in [0.15, 0.2) is 0 Å². The van der Waals surface area contributed by atoms with Crippen LogP contribution in [0.2, 0.25) is 0 Å². The van der Waals surface area contributed by atoms with Crippen molar-refractivity contribution in [3.63, 3.8) is 0 Å². The number of hydrogen-bond acceptors (Lipinski definition) is 5. The Morgan fingerprint density at radius 1 is 1.17 bits per heavy atom. The second-order valence-electron chi connectivity index (χ2n) is 7.77. The minimum atomic E-state index is -0.542. The van der Waals surface area contributed by atoms with Gasteiger partial charge in [0.05, 0.1) is 37.5 Å². The summed E-state index contributed by atoms with van der Waals surface area (Å²) in [4.78, 5) is 15.1. The average molecular weight is 340 g/mol. The molecule has 3 rings (SSSR count). The third-order valence-electron chi connectivity index (χ3n) is 5.74. The predicted octanol–water partition coefficient (Wildman–Crippen LogP) is 1.19. The van der Waals surface area contributed by atoms with E-state index in [4.69, 9.17) is 14.2 Å². The maximum absolute atomic E-state index is 12.9. The molecule has 1 N–H and O–H groups in total. The van der Waals surface area contributed by atoms with Crippen molar-refractivity contribution in [1.29, 1.82) is 0 Å². The summed E-state index contributed by atoms with van der Waals surface area (Å²) in [6.45, 7) is 9.03. The Bertz CT molecular complexity index is 419. The topological polar surface area (TPSA) is 60.0 Å². The second-order valence-corrected chi connectivity index (χ2v) is 7.77. The van der Waals surface area contributed by atoms with Crippen molar-refractivity contribution in [2.45, 2.75) is 57.2 Å². The summed E-state index contributed by atoms with van der Waals surface area (Å²) in [6, 6.07) is -0.0494. The summed E-state index contributed by atoms with van der Waals surface area (Å²) >= 11 is 0. The monoisotopic (exact) mass is 340 g/mol. The fourth-order valence-corrected chi connectivity index (χ4v) is 3.58. The molecule has 2 saturated heterocycles. The van der Waals surface area contributed by atoms with E-state index in [2.05, 4.69) is 10.2 Å². The first-order valence-corrected chi connectivity index (χ1v) is 9.40. The summed E-state index contributed by atoms with van der Waals surface area (Å²) in [5.41, 5.74) is -0.542. The number of rotatable bonds is 6. The van der Waals surface area contributed by atoms with Gasteiger partial charge in [0.15, 0.2) is 0 Å². The van der Waals surface area contributed by atoms with Crippen molar-refractivity contribution in [2.24, 2.45) is 5.92 Å². The van der Waals surface area contributed by atoms with Crippen LogP contribution in [-0.2, 0) is 19.0 Å². The fourth-order valence-electron chi connectivity index (χ4n) is 3.58. The van der Waals surface area contributed by atoms with Crippen LogP contribution < -0.4 is 5.32 Å². The summed E-state index contributed by atoms with van der Waals surface area (Å²) in [6.07, 6.45) is 4.82. The van der Waals surface area contributed by atoms with Crippen LogP contribution in [0.5, 0.6) is 0 Å². The van der Waals surface area contributed by atoms with Gasteiger partial charge >= 0.3 is 0 Å². The number of carbonyl (C=O) groups is 1. The third kappa shape index (κ3) is 4.28. The standard InChI is InChI=1S/C18H32N2O4/c1-18(2,20-7-10-22-11-8-20)17(21)19-15-13-23-9-6-16(15)24-12-14-4-3-5-14/h14-16H,3-13H2,1-2H3,(H,19,21)/t15-,16+/m1/s1. The molecule has 0 unspecified atom stereocenters. The molecule has 1 aliphatic carbocycles. The minimum absolute atomic E-state index is 0.0494. The van der Waals surface area contributed by atoms with Crippen LogP contribution in [0.3, 0.4) is 0 Å². The van der Waals surface area contributed by atoms with Gasteiger partial charge in [-0.15, -0.1) is 0 Å². The number of amides is 1.